The van der Waals surface area contributed by atoms with E-state index in [1.807, 2.05) is 39.0 Å². The highest BCUT2D eigenvalue weighted by molar-refractivity contribution is 5.82. The summed E-state index contributed by atoms with van der Waals surface area (Å²) in [5, 5.41) is 2.71. The standard InChI is InChI=1S/C24H36N2O4/c1-23(2,3)29-21(27)20(25-22(28)30-24(4,5)6)15-19-13-10-14-26(17-19)16-18-11-8-7-9-12-18/h7-9,11-13,20H,10,14-17H2,1-6H3,(H,25,28)/t20-/m0/s1. The molecule has 0 saturated heterocycles. The number of nitrogens with zero attached hydrogens (tertiary/aromatic N) is 1. The van der Waals surface area contributed by atoms with Crippen molar-refractivity contribution < 1.29 is 19.1 Å². The number of ether oxygens (including phenoxy) is 2. The average molecular weight is 417 g/mol. The van der Waals surface area contributed by atoms with Crippen molar-refractivity contribution in [2.45, 2.75) is 78.2 Å². The first-order chi connectivity index (χ1) is 13.9. The van der Waals surface area contributed by atoms with E-state index in [1.165, 1.54) is 5.56 Å². The molecule has 0 spiro atoms. The lowest BCUT2D eigenvalue weighted by molar-refractivity contribution is -0.157. The molecule has 0 bridgehead atoms. The highest BCUT2D eigenvalue weighted by Gasteiger charge is 2.30. The largest absolute Gasteiger partial charge is 0.458 e. The number of amides is 1. The molecule has 1 aliphatic heterocycles. The summed E-state index contributed by atoms with van der Waals surface area (Å²) in [6, 6.07) is 9.54. The van der Waals surface area contributed by atoms with Gasteiger partial charge in [-0.1, -0.05) is 42.0 Å². The van der Waals surface area contributed by atoms with Crippen LogP contribution < -0.4 is 5.32 Å². The van der Waals surface area contributed by atoms with Gasteiger partial charge in [-0.2, -0.15) is 0 Å². The molecule has 166 valence electrons. The molecule has 1 amide bonds. The van der Waals surface area contributed by atoms with Crippen molar-refractivity contribution in [3.05, 3.63) is 47.5 Å². The van der Waals surface area contributed by atoms with E-state index in [9.17, 15) is 9.59 Å². The van der Waals surface area contributed by atoms with Crippen LogP contribution in [0.4, 0.5) is 4.79 Å². The van der Waals surface area contributed by atoms with Gasteiger partial charge in [-0.15, -0.1) is 0 Å². The summed E-state index contributed by atoms with van der Waals surface area (Å²) in [7, 11) is 0. The molecule has 6 heteroatoms. The second-order valence-electron chi connectivity index (χ2n) is 9.78. The summed E-state index contributed by atoms with van der Waals surface area (Å²) in [4.78, 5) is 27.4. The molecule has 0 unspecified atom stereocenters. The Bertz CT molecular complexity index is 745. The van der Waals surface area contributed by atoms with Crippen molar-refractivity contribution in [1.29, 1.82) is 0 Å². The lowest BCUT2D eigenvalue weighted by atomic mass is 10.0. The predicted octanol–water partition coefficient (Wildman–Crippen LogP) is 4.44. The van der Waals surface area contributed by atoms with Crippen LogP contribution in [-0.4, -0.2) is 47.3 Å². The van der Waals surface area contributed by atoms with Crippen LogP contribution in [0.3, 0.4) is 0 Å². The molecule has 1 atom stereocenters. The first-order valence-electron chi connectivity index (χ1n) is 10.6. The van der Waals surface area contributed by atoms with Gasteiger partial charge in [0.1, 0.15) is 17.2 Å². The summed E-state index contributed by atoms with van der Waals surface area (Å²) in [5.74, 6) is -0.450. The van der Waals surface area contributed by atoms with Crippen molar-refractivity contribution in [1.82, 2.24) is 10.2 Å². The number of nitrogens with one attached hydrogen (secondary N) is 1. The third-order valence-electron chi connectivity index (χ3n) is 4.40. The van der Waals surface area contributed by atoms with E-state index < -0.39 is 29.3 Å². The zero-order chi connectivity index (χ0) is 22.4. The SMILES string of the molecule is CC(C)(C)OC(=O)N[C@@H](CC1=CCCN(Cc2ccccc2)C1)C(=O)OC(C)(C)C. The number of carbonyl (C=O) groups excluding carboxylic acids is 2. The molecule has 0 aliphatic carbocycles. The second-order valence-corrected chi connectivity index (χ2v) is 9.78. The molecule has 2 rings (SSSR count). The second kappa shape index (κ2) is 10.1. The number of carbonyl (C=O) groups is 2. The first kappa shape index (κ1) is 23.9. The van der Waals surface area contributed by atoms with Crippen LogP contribution in [0, 0.1) is 0 Å². The minimum Gasteiger partial charge on any atom is -0.458 e. The van der Waals surface area contributed by atoms with Gasteiger partial charge in [0.15, 0.2) is 0 Å². The molecule has 0 fully saturated rings. The Labute approximate surface area is 180 Å². The van der Waals surface area contributed by atoms with E-state index in [1.54, 1.807) is 20.8 Å². The lowest BCUT2D eigenvalue weighted by Crippen LogP contribution is -2.46. The molecule has 0 radical (unpaired) electrons. The van der Waals surface area contributed by atoms with Gasteiger partial charge in [-0.25, -0.2) is 9.59 Å². The molecule has 1 aromatic carbocycles. The maximum Gasteiger partial charge on any atom is 0.408 e. The van der Waals surface area contributed by atoms with Crippen molar-refractivity contribution in [2.75, 3.05) is 13.1 Å². The third-order valence-corrected chi connectivity index (χ3v) is 4.40. The van der Waals surface area contributed by atoms with Crippen LogP contribution in [0.15, 0.2) is 42.0 Å². The Morgan fingerprint density at radius 3 is 2.27 bits per heavy atom. The van der Waals surface area contributed by atoms with Gasteiger partial charge in [0.2, 0.25) is 0 Å². The highest BCUT2D eigenvalue weighted by atomic mass is 16.6. The predicted molar refractivity (Wildman–Crippen MR) is 118 cm³/mol. The van der Waals surface area contributed by atoms with Crippen molar-refractivity contribution in [2.24, 2.45) is 0 Å². The third kappa shape index (κ3) is 8.99. The summed E-state index contributed by atoms with van der Waals surface area (Å²) in [5.41, 5.74) is 1.10. The quantitative estimate of drug-likeness (QED) is 0.548. The normalized spacial score (nSPS) is 16.4. The van der Waals surface area contributed by atoms with Crippen LogP contribution in [0.5, 0.6) is 0 Å². The number of hydrogen-bond donors (Lipinski definition) is 1. The highest BCUT2D eigenvalue weighted by Crippen LogP contribution is 2.20. The number of esters is 1. The van der Waals surface area contributed by atoms with Gasteiger partial charge in [-0.05, 0) is 53.5 Å². The van der Waals surface area contributed by atoms with E-state index in [0.717, 1.165) is 31.6 Å². The zero-order valence-corrected chi connectivity index (χ0v) is 19.2. The number of hydrogen-bond acceptors (Lipinski definition) is 5. The molecule has 1 N–H and O–H groups in total. The summed E-state index contributed by atoms with van der Waals surface area (Å²) < 4.78 is 10.9. The number of alkyl carbamates (subject to hydrolysis) is 1. The van der Waals surface area contributed by atoms with Crippen molar-refractivity contribution in [3.8, 4) is 0 Å². The summed E-state index contributed by atoms with van der Waals surface area (Å²) >= 11 is 0. The molecule has 1 aromatic rings. The molecular formula is C24H36N2O4. The molecule has 6 nitrogen and oxygen atoms in total. The van der Waals surface area contributed by atoms with Crippen LogP contribution in [0.25, 0.3) is 0 Å². The Morgan fingerprint density at radius 1 is 1.03 bits per heavy atom. The van der Waals surface area contributed by atoms with E-state index in [4.69, 9.17) is 9.47 Å². The summed E-state index contributed by atoms with van der Waals surface area (Å²) in [6.45, 7) is 13.4. The zero-order valence-electron chi connectivity index (χ0n) is 19.2. The van der Waals surface area contributed by atoms with Crippen LogP contribution in [0.1, 0.15) is 59.9 Å². The van der Waals surface area contributed by atoms with Gasteiger partial charge in [0.05, 0.1) is 0 Å². The Morgan fingerprint density at radius 2 is 1.67 bits per heavy atom. The first-order valence-corrected chi connectivity index (χ1v) is 10.6. The van der Waals surface area contributed by atoms with Crippen LogP contribution in [0.2, 0.25) is 0 Å². The smallest absolute Gasteiger partial charge is 0.408 e. The fraction of sp³-hybridized carbons (Fsp3) is 0.583. The van der Waals surface area contributed by atoms with Gasteiger partial charge in [-0.3, -0.25) is 4.90 Å². The maximum absolute atomic E-state index is 12.8. The summed E-state index contributed by atoms with van der Waals surface area (Å²) in [6.07, 6.45) is 2.86. The van der Waals surface area contributed by atoms with E-state index >= 15 is 0 Å². The van der Waals surface area contributed by atoms with E-state index in [2.05, 4.69) is 28.4 Å². The van der Waals surface area contributed by atoms with E-state index in [-0.39, 0.29) is 0 Å². The molecule has 1 aliphatic rings. The lowest BCUT2D eigenvalue weighted by Gasteiger charge is -2.30. The molecule has 0 saturated carbocycles. The fourth-order valence-electron chi connectivity index (χ4n) is 3.28. The Kier molecular flexibility index (Phi) is 8.07. The minimum absolute atomic E-state index is 0.402. The van der Waals surface area contributed by atoms with Gasteiger partial charge in [0, 0.05) is 26.1 Å². The fourth-order valence-corrected chi connectivity index (χ4v) is 3.28. The monoisotopic (exact) mass is 416 g/mol. The number of benzene rings is 1. The molecular weight excluding hydrogens is 380 g/mol. The Balaban J connectivity index is 2.05. The van der Waals surface area contributed by atoms with Crippen LogP contribution >= 0.6 is 0 Å². The topological polar surface area (TPSA) is 67.9 Å². The van der Waals surface area contributed by atoms with Gasteiger partial charge >= 0.3 is 12.1 Å². The Hall–Kier alpha value is -2.34. The van der Waals surface area contributed by atoms with E-state index in [0.29, 0.717) is 6.42 Å². The van der Waals surface area contributed by atoms with Crippen molar-refractivity contribution in [3.63, 3.8) is 0 Å². The average Bonchev–Trinajstić information content (AvgIpc) is 2.59. The van der Waals surface area contributed by atoms with Crippen LogP contribution in [-0.2, 0) is 20.8 Å². The number of rotatable bonds is 6. The molecule has 0 aromatic heterocycles. The van der Waals surface area contributed by atoms with Gasteiger partial charge in [0.25, 0.3) is 0 Å². The molecule has 1 heterocycles. The van der Waals surface area contributed by atoms with Crippen molar-refractivity contribution >= 4 is 12.1 Å². The maximum atomic E-state index is 12.8. The van der Waals surface area contributed by atoms with Gasteiger partial charge < -0.3 is 14.8 Å². The molecule has 30 heavy (non-hydrogen) atoms. The minimum atomic E-state index is -0.790.